The number of hydrogen-bond acceptors (Lipinski definition) is 1. The fourth-order valence-electron chi connectivity index (χ4n) is 5.47. The second kappa shape index (κ2) is 8.69. The second-order valence-electron chi connectivity index (χ2n) is 9.56. The smallest absolute Gasteiger partial charge is 0.0495 e. The Balaban J connectivity index is 1.31. The maximum atomic E-state index is 2.32. The van der Waals surface area contributed by atoms with Crippen molar-refractivity contribution in [2.24, 2.45) is 7.05 Å². The van der Waals surface area contributed by atoms with E-state index in [1.807, 2.05) is 0 Å². The zero-order chi connectivity index (χ0) is 24.8. The van der Waals surface area contributed by atoms with Crippen LogP contribution in [0.5, 0.6) is 0 Å². The topological polar surface area (TPSA) is 8.17 Å². The van der Waals surface area contributed by atoms with E-state index in [1.54, 1.807) is 0 Å². The van der Waals surface area contributed by atoms with E-state index in [0.29, 0.717) is 0 Å². The summed E-state index contributed by atoms with van der Waals surface area (Å²) in [5, 5.41) is 5.16. The molecular weight excluding hydrogens is 448 g/mol. The van der Waals surface area contributed by atoms with Gasteiger partial charge in [-0.3, -0.25) is 0 Å². The lowest BCUT2D eigenvalue weighted by Gasteiger charge is -2.25. The molecule has 6 aromatic carbocycles. The molecule has 0 N–H and O–H groups in total. The highest BCUT2D eigenvalue weighted by Gasteiger charge is 2.13. The molecule has 7 aromatic rings. The molecule has 1 aromatic heterocycles. The van der Waals surface area contributed by atoms with E-state index in [4.69, 9.17) is 0 Å². The number of benzene rings is 6. The molecule has 176 valence electrons. The first kappa shape index (κ1) is 21.5. The number of anilines is 3. The minimum Gasteiger partial charge on any atom is -0.344 e. The highest BCUT2D eigenvalue weighted by atomic mass is 15.1. The molecule has 2 heteroatoms. The Morgan fingerprint density at radius 1 is 0.432 bits per heavy atom. The maximum absolute atomic E-state index is 2.32. The fraction of sp³-hybridized carbons (Fsp3) is 0.0286. The van der Waals surface area contributed by atoms with Crippen molar-refractivity contribution >= 4 is 49.6 Å². The van der Waals surface area contributed by atoms with E-state index < -0.39 is 0 Å². The molecule has 0 atom stereocenters. The third kappa shape index (κ3) is 3.66. The molecule has 0 unspecified atom stereocenters. The lowest BCUT2D eigenvalue weighted by molar-refractivity contribution is 1.02. The van der Waals surface area contributed by atoms with Gasteiger partial charge in [0.2, 0.25) is 0 Å². The van der Waals surface area contributed by atoms with Crippen LogP contribution < -0.4 is 4.90 Å². The fourth-order valence-corrected chi connectivity index (χ4v) is 5.47. The molecule has 0 aliphatic heterocycles. The van der Waals surface area contributed by atoms with E-state index in [-0.39, 0.29) is 0 Å². The molecule has 7 rings (SSSR count). The van der Waals surface area contributed by atoms with Crippen molar-refractivity contribution in [1.82, 2.24) is 4.57 Å². The molecule has 1 heterocycles. The van der Waals surface area contributed by atoms with Crippen LogP contribution in [-0.4, -0.2) is 4.57 Å². The molecule has 0 radical (unpaired) electrons. The maximum Gasteiger partial charge on any atom is 0.0495 e. The molecular formula is C35H26N2. The number of rotatable bonds is 4. The molecule has 0 aliphatic rings. The van der Waals surface area contributed by atoms with Crippen LogP contribution in [-0.2, 0) is 7.05 Å². The predicted octanol–water partition coefficient (Wildman–Crippen LogP) is 9.62. The highest BCUT2D eigenvalue weighted by Crippen LogP contribution is 2.37. The Hall–Kier alpha value is -4.82. The number of aryl methyl sites for hydroxylation is 1. The lowest BCUT2D eigenvalue weighted by Crippen LogP contribution is -2.09. The Kier molecular flexibility index (Phi) is 5.04. The van der Waals surface area contributed by atoms with Crippen molar-refractivity contribution in [3.8, 4) is 11.1 Å². The zero-order valence-corrected chi connectivity index (χ0v) is 20.7. The summed E-state index contributed by atoms with van der Waals surface area (Å²) in [6, 6.07) is 50.0. The van der Waals surface area contributed by atoms with Gasteiger partial charge in [0.1, 0.15) is 0 Å². The summed E-state index contributed by atoms with van der Waals surface area (Å²) >= 11 is 0. The lowest BCUT2D eigenvalue weighted by atomic mass is 10.0. The average Bonchev–Trinajstić information content (AvgIpc) is 3.24. The Labute approximate surface area is 216 Å². The summed E-state index contributed by atoms with van der Waals surface area (Å²) in [6.45, 7) is 0. The van der Waals surface area contributed by atoms with Gasteiger partial charge >= 0.3 is 0 Å². The predicted molar refractivity (Wildman–Crippen MR) is 158 cm³/mol. The van der Waals surface area contributed by atoms with Crippen molar-refractivity contribution in [3.05, 3.63) is 140 Å². The third-order valence-corrected chi connectivity index (χ3v) is 7.36. The van der Waals surface area contributed by atoms with Gasteiger partial charge in [0.25, 0.3) is 0 Å². The van der Waals surface area contributed by atoms with Crippen LogP contribution in [0, 0.1) is 0 Å². The first-order chi connectivity index (χ1) is 18.3. The number of aromatic nitrogens is 1. The van der Waals surface area contributed by atoms with Gasteiger partial charge in [0, 0.05) is 45.9 Å². The Morgan fingerprint density at radius 3 is 1.59 bits per heavy atom. The molecule has 0 bridgehead atoms. The van der Waals surface area contributed by atoms with Crippen molar-refractivity contribution in [2.75, 3.05) is 4.90 Å². The van der Waals surface area contributed by atoms with E-state index in [1.165, 1.54) is 43.7 Å². The Bertz CT molecular complexity index is 1830. The van der Waals surface area contributed by atoms with Crippen LogP contribution in [0.3, 0.4) is 0 Å². The van der Waals surface area contributed by atoms with Gasteiger partial charge in [-0.1, -0.05) is 84.9 Å². The monoisotopic (exact) mass is 474 g/mol. The first-order valence-electron chi connectivity index (χ1n) is 12.7. The highest BCUT2D eigenvalue weighted by molar-refractivity contribution is 6.13. The number of para-hydroxylation sites is 2. The average molecular weight is 475 g/mol. The Morgan fingerprint density at radius 2 is 0.946 bits per heavy atom. The number of hydrogen-bond donors (Lipinski definition) is 0. The number of nitrogens with zero attached hydrogens (tertiary/aromatic N) is 2. The van der Waals surface area contributed by atoms with Crippen molar-refractivity contribution in [3.63, 3.8) is 0 Å². The van der Waals surface area contributed by atoms with Crippen LogP contribution >= 0.6 is 0 Å². The van der Waals surface area contributed by atoms with Gasteiger partial charge in [0.05, 0.1) is 0 Å². The number of fused-ring (bicyclic) bond motifs is 4. The van der Waals surface area contributed by atoms with Gasteiger partial charge in [-0.05, 0) is 76.5 Å². The minimum atomic E-state index is 1.14. The zero-order valence-electron chi connectivity index (χ0n) is 20.7. The molecule has 37 heavy (non-hydrogen) atoms. The van der Waals surface area contributed by atoms with Crippen LogP contribution in [0.15, 0.2) is 140 Å². The first-order valence-corrected chi connectivity index (χ1v) is 12.7. The molecule has 0 amide bonds. The molecule has 0 spiro atoms. The summed E-state index contributed by atoms with van der Waals surface area (Å²) in [5.74, 6) is 0. The summed E-state index contributed by atoms with van der Waals surface area (Å²) in [5.41, 5.74) is 8.38. The van der Waals surface area contributed by atoms with Crippen molar-refractivity contribution in [1.29, 1.82) is 0 Å². The SMILES string of the molecule is Cn1c2cc(-c3ccc(N(c4ccccc4)c4ccccc4)cc3)ccc2c2cc3ccccc3cc21. The van der Waals surface area contributed by atoms with Crippen LogP contribution in [0.4, 0.5) is 17.1 Å². The van der Waals surface area contributed by atoms with E-state index in [0.717, 1.165) is 17.1 Å². The quantitative estimate of drug-likeness (QED) is 0.246. The van der Waals surface area contributed by atoms with Gasteiger partial charge in [-0.2, -0.15) is 0 Å². The van der Waals surface area contributed by atoms with Gasteiger partial charge in [0.15, 0.2) is 0 Å². The standard InChI is InChI=1S/C35H26N2/c1-36-34-24-28(18-21-32(34)33-22-26-10-8-9-11-27(26)23-35(33)36)25-16-19-31(20-17-25)37(29-12-4-2-5-13-29)30-14-6-3-7-15-30/h2-24H,1H3. The summed E-state index contributed by atoms with van der Waals surface area (Å²) in [7, 11) is 2.17. The third-order valence-electron chi connectivity index (χ3n) is 7.36. The van der Waals surface area contributed by atoms with E-state index >= 15 is 0 Å². The van der Waals surface area contributed by atoms with Crippen LogP contribution in [0.1, 0.15) is 0 Å². The minimum absolute atomic E-state index is 1.14. The largest absolute Gasteiger partial charge is 0.344 e. The van der Waals surface area contributed by atoms with E-state index in [9.17, 15) is 0 Å². The summed E-state index contributed by atoms with van der Waals surface area (Å²) in [4.78, 5) is 2.29. The van der Waals surface area contributed by atoms with E-state index in [2.05, 4.69) is 156 Å². The normalized spacial score (nSPS) is 11.4. The van der Waals surface area contributed by atoms with Gasteiger partial charge < -0.3 is 9.47 Å². The van der Waals surface area contributed by atoms with Gasteiger partial charge in [-0.15, -0.1) is 0 Å². The van der Waals surface area contributed by atoms with Gasteiger partial charge in [-0.25, -0.2) is 0 Å². The summed E-state index contributed by atoms with van der Waals surface area (Å²) in [6.07, 6.45) is 0. The summed E-state index contributed by atoms with van der Waals surface area (Å²) < 4.78 is 2.32. The van der Waals surface area contributed by atoms with Crippen LogP contribution in [0.25, 0.3) is 43.7 Å². The second-order valence-corrected chi connectivity index (χ2v) is 9.56. The molecule has 2 nitrogen and oxygen atoms in total. The van der Waals surface area contributed by atoms with Crippen LogP contribution in [0.2, 0.25) is 0 Å². The van der Waals surface area contributed by atoms with Crippen molar-refractivity contribution in [2.45, 2.75) is 0 Å². The molecule has 0 aliphatic carbocycles. The molecule has 0 saturated heterocycles. The molecule has 0 fully saturated rings. The molecule has 0 saturated carbocycles. The van der Waals surface area contributed by atoms with Crippen molar-refractivity contribution < 1.29 is 0 Å².